The van der Waals surface area contributed by atoms with Gasteiger partial charge in [0.1, 0.15) is 10.6 Å². The smallest absolute Gasteiger partial charge is 0.339 e. The highest BCUT2D eigenvalue weighted by Crippen LogP contribution is 2.38. The molecule has 20 heavy (non-hydrogen) atoms. The third-order valence-corrected chi connectivity index (χ3v) is 4.30. The molecule has 0 spiro atoms. The van der Waals surface area contributed by atoms with E-state index in [2.05, 4.69) is 0 Å². The predicted molar refractivity (Wildman–Crippen MR) is 80.8 cm³/mol. The van der Waals surface area contributed by atoms with Crippen molar-refractivity contribution in [1.29, 1.82) is 0 Å². The van der Waals surface area contributed by atoms with Crippen LogP contribution < -0.4 is 0 Å². The molecule has 0 aliphatic rings. The van der Waals surface area contributed by atoms with Crippen LogP contribution in [0.3, 0.4) is 0 Å². The summed E-state index contributed by atoms with van der Waals surface area (Å²) in [4.78, 5) is 12.7. The van der Waals surface area contributed by atoms with Crippen LogP contribution in [0.1, 0.15) is 15.2 Å². The summed E-state index contributed by atoms with van der Waals surface area (Å²) < 4.78 is 1.85. The summed E-state index contributed by atoms with van der Waals surface area (Å²) in [6.07, 6.45) is 3.74. The van der Waals surface area contributed by atoms with Gasteiger partial charge in [-0.25, -0.2) is 4.79 Å². The van der Waals surface area contributed by atoms with Crippen LogP contribution in [0.5, 0.6) is 0 Å². The molecule has 2 heterocycles. The van der Waals surface area contributed by atoms with E-state index in [1.807, 2.05) is 66.3 Å². The lowest BCUT2D eigenvalue weighted by Crippen LogP contribution is -2.02. The fraction of sp³-hybridized carbons (Fsp3) is 0.0625. The van der Waals surface area contributed by atoms with E-state index in [1.165, 1.54) is 11.3 Å². The Morgan fingerprint density at radius 3 is 2.35 bits per heavy atom. The number of nitrogens with zero attached hydrogens (tertiary/aromatic N) is 1. The van der Waals surface area contributed by atoms with Crippen molar-refractivity contribution in [3.05, 3.63) is 65.3 Å². The quantitative estimate of drug-likeness (QED) is 0.782. The SMILES string of the molecule is Cc1sc(-n2cccc2)c(C(=O)O)c1-c1ccccc1. The van der Waals surface area contributed by atoms with Crippen molar-refractivity contribution < 1.29 is 9.90 Å². The zero-order valence-electron chi connectivity index (χ0n) is 10.9. The molecule has 0 unspecified atom stereocenters. The molecule has 0 radical (unpaired) electrons. The molecule has 0 atom stereocenters. The Morgan fingerprint density at radius 1 is 1.10 bits per heavy atom. The molecule has 100 valence electrons. The lowest BCUT2D eigenvalue weighted by molar-refractivity contribution is 0.0698. The Hall–Kier alpha value is -2.33. The van der Waals surface area contributed by atoms with Gasteiger partial charge in [-0.05, 0) is 24.6 Å². The zero-order valence-corrected chi connectivity index (χ0v) is 11.7. The van der Waals surface area contributed by atoms with Gasteiger partial charge in [0.05, 0.1) is 0 Å². The highest BCUT2D eigenvalue weighted by atomic mass is 32.1. The molecule has 0 bridgehead atoms. The van der Waals surface area contributed by atoms with Gasteiger partial charge in [0.2, 0.25) is 0 Å². The zero-order chi connectivity index (χ0) is 14.1. The second-order valence-electron chi connectivity index (χ2n) is 4.47. The molecular formula is C16H13NO2S. The molecule has 2 aromatic heterocycles. The molecule has 0 saturated carbocycles. The highest BCUT2D eigenvalue weighted by molar-refractivity contribution is 7.15. The molecule has 0 aliphatic heterocycles. The minimum absolute atomic E-state index is 0.370. The average molecular weight is 283 g/mol. The van der Waals surface area contributed by atoms with Crippen molar-refractivity contribution in [3.63, 3.8) is 0 Å². The molecule has 0 fully saturated rings. The molecule has 1 N–H and O–H groups in total. The molecular weight excluding hydrogens is 270 g/mol. The number of hydrogen-bond donors (Lipinski definition) is 1. The Bertz CT molecular complexity index is 742. The van der Waals surface area contributed by atoms with Crippen molar-refractivity contribution in [3.8, 4) is 16.1 Å². The third-order valence-electron chi connectivity index (χ3n) is 3.18. The summed E-state index contributed by atoms with van der Waals surface area (Å²) in [5.74, 6) is -0.892. The summed E-state index contributed by atoms with van der Waals surface area (Å²) in [5.41, 5.74) is 2.12. The van der Waals surface area contributed by atoms with Crippen LogP contribution in [-0.4, -0.2) is 15.6 Å². The second-order valence-corrected chi connectivity index (χ2v) is 5.68. The van der Waals surface area contributed by atoms with E-state index >= 15 is 0 Å². The largest absolute Gasteiger partial charge is 0.478 e. The normalized spacial score (nSPS) is 10.7. The van der Waals surface area contributed by atoms with Crippen LogP contribution in [0.15, 0.2) is 54.9 Å². The van der Waals surface area contributed by atoms with Gasteiger partial charge in [0.15, 0.2) is 0 Å². The number of rotatable bonds is 3. The lowest BCUT2D eigenvalue weighted by Gasteiger charge is -2.05. The first-order chi connectivity index (χ1) is 9.68. The van der Waals surface area contributed by atoms with Gasteiger partial charge in [-0.2, -0.15) is 0 Å². The maximum atomic E-state index is 11.7. The number of benzene rings is 1. The predicted octanol–water partition coefficient (Wildman–Crippen LogP) is 4.21. The van der Waals surface area contributed by atoms with Crippen LogP contribution in [0, 0.1) is 6.92 Å². The van der Waals surface area contributed by atoms with Crippen LogP contribution in [0.2, 0.25) is 0 Å². The van der Waals surface area contributed by atoms with Crippen LogP contribution in [0.25, 0.3) is 16.1 Å². The average Bonchev–Trinajstić information content (AvgIpc) is 3.06. The number of hydrogen-bond acceptors (Lipinski definition) is 2. The number of thiophene rings is 1. The molecule has 3 rings (SSSR count). The van der Waals surface area contributed by atoms with E-state index < -0.39 is 5.97 Å². The van der Waals surface area contributed by atoms with Gasteiger partial charge in [-0.1, -0.05) is 30.3 Å². The van der Waals surface area contributed by atoms with E-state index in [9.17, 15) is 9.90 Å². The third kappa shape index (κ3) is 2.04. The van der Waals surface area contributed by atoms with Crippen molar-refractivity contribution in [2.75, 3.05) is 0 Å². The minimum atomic E-state index is -0.892. The van der Waals surface area contributed by atoms with E-state index in [4.69, 9.17) is 0 Å². The van der Waals surface area contributed by atoms with Gasteiger partial charge in [-0.15, -0.1) is 11.3 Å². The first kappa shape index (κ1) is 12.7. The lowest BCUT2D eigenvalue weighted by atomic mass is 10.0. The van der Waals surface area contributed by atoms with E-state index in [0.717, 1.165) is 21.0 Å². The fourth-order valence-corrected chi connectivity index (χ4v) is 3.46. The Labute approximate surface area is 120 Å². The molecule has 0 saturated heterocycles. The van der Waals surface area contributed by atoms with Crippen molar-refractivity contribution >= 4 is 17.3 Å². The van der Waals surface area contributed by atoms with Gasteiger partial charge in [0.25, 0.3) is 0 Å². The first-order valence-electron chi connectivity index (χ1n) is 6.24. The minimum Gasteiger partial charge on any atom is -0.478 e. The van der Waals surface area contributed by atoms with Crippen LogP contribution in [0.4, 0.5) is 0 Å². The maximum Gasteiger partial charge on any atom is 0.339 e. The molecule has 0 aliphatic carbocycles. The molecule has 3 aromatic rings. The van der Waals surface area contributed by atoms with Gasteiger partial charge in [0, 0.05) is 22.8 Å². The number of aryl methyl sites for hydroxylation is 1. The fourth-order valence-electron chi connectivity index (χ4n) is 2.33. The summed E-state index contributed by atoms with van der Waals surface area (Å²) in [6, 6.07) is 13.5. The van der Waals surface area contributed by atoms with Crippen molar-refractivity contribution in [2.24, 2.45) is 0 Å². The van der Waals surface area contributed by atoms with Crippen molar-refractivity contribution in [1.82, 2.24) is 4.57 Å². The van der Waals surface area contributed by atoms with E-state index in [1.54, 1.807) is 0 Å². The number of carboxylic acids is 1. The standard InChI is InChI=1S/C16H13NO2S/c1-11-13(12-7-3-2-4-8-12)14(16(18)19)15(20-11)17-9-5-6-10-17/h2-10H,1H3,(H,18,19). The number of carbonyl (C=O) groups is 1. The second kappa shape index (κ2) is 4.98. The van der Waals surface area contributed by atoms with Gasteiger partial charge in [-0.3, -0.25) is 0 Å². The Kier molecular flexibility index (Phi) is 3.16. The van der Waals surface area contributed by atoms with E-state index in [-0.39, 0.29) is 0 Å². The van der Waals surface area contributed by atoms with E-state index in [0.29, 0.717) is 5.56 Å². The topological polar surface area (TPSA) is 42.2 Å². The van der Waals surface area contributed by atoms with Gasteiger partial charge >= 0.3 is 5.97 Å². The summed E-state index contributed by atoms with van der Waals surface area (Å²) >= 11 is 1.50. The summed E-state index contributed by atoms with van der Waals surface area (Å²) in [7, 11) is 0. The molecule has 1 aromatic carbocycles. The van der Waals surface area contributed by atoms with Crippen LogP contribution >= 0.6 is 11.3 Å². The number of carboxylic acid groups (broad SMARTS) is 1. The Balaban J connectivity index is 2.28. The van der Waals surface area contributed by atoms with Gasteiger partial charge < -0.3 is 9.67 Å². The highest BCUT2D eigenvalue weighted by Gasteiger charge is 2.23. The molecule has 0 amide bonds. The number of aromatic nitrogens is 1. The summed E-state index contributed by atoms with van der Waals surface area (Å²) in [5, 5.41) is 10.4. The Morgan fingerprint density at radius 2 is 1.75 bits per heavy atom. The van der Waals surface area contributed by atoms with Crippen LogP contribution in [-0.2, 0) is 0 Å². The molecule has 3 nitrogen and oxygen atoms in total. The number of aromatic carboxylic acids is 1. The summed E-state index contributed by atoms with van der Waals surface area (Å²) in [6.45, 7) is 1.96. The van der Waals surface area contributed by atoms with Crippen molar-refractivity contribution in [2.45, 2.75) is 6.92 Å². The maximum absolute atomic E-state index is 11.7. The first-order valence-corrected chi connectivity index (χ1v) is 7.05. The monoisotopic (exact) mass is 283 g/mol. The molecule has 4 heteroatoms.